The van der Waals surface area contributed by atoms with Crippen LogP contribution in [0.25, 0.3) is 0 Å². The zero-order valence-electron chi connectivity index (χ0n) is 13.4. The summed E-state index contributed by atoms with van der Waals surface area (Å²) in [6.45, 7) is 2.02. The summed E-state index contributed by atoms with van der Waals surface area (Å²) in [5.41, 5.74) is 1.53. The van der Waals surface area contributed by atoms with Crippen molar-refractivity contribution in [2.75, 3.05) is 14.2 Å². The van der Waals surface area contributed by atoms with Gasteiger partial charge in [-0.3, -0.25) is 4.79 Å². The van der Waals surface area contributed by atoms with Gasteiger partial charge in [0, 0.05) is 5.56 Å². The molecule has 0 saturated heterocycles. The molecule has 0 fully saturated rings. The maximum Gasteiger partial charge on any atom is 0.251 e. The molecule has 0 aliphatic heterocycles. The minimum atomic E-state index is -0.169. The second kappa shape index (κ2) is 7.88. The van der Waals surface area contributed by atoms with Crippen molar-refractivity contribution in [1.29, 1.82) is 0 Å². The van der Waals surface area contributed by atoms with Crippen LogP contribution in [0, 0.1) is 0 Å². The number of hydrogen-bond acceptors (Lipinski definition) is 3. The fourth-order valence-electron chi connectivity index (χ4n) is 2.31. The van der Waals surface area contributed by atoms with E-state index in [4.69, 9.17) is 21.1 Å². The highest BCUT2D eigenvalue weighted by atomic mass is 35.5. The second-order valence-electron chi connectivity index (χ2n) is 5.06. The predicted molar refractivity (Wildman–Crippen MR) is 91.5 cm³/mol. The number of carbonyl (C=O) groups excluding carboxylic acids is 1. The van der Waals surface area contributed by atoms with Crippen LogP contribution in [0.3, 0.4) is 0 Å². The molecule has 1 unspecified atom stereocenters. The third-order valence-corrected chi connectivity index (χ3v) is 3.94. The number of rotatable bonds is 6. The second-order valence-corrected chi connectivity index (χ2v) is 5.46. The molecule has 23 heavy (non-hydrogen) atoms. The average molecular weight is 334 g/mol. The number of carbonyl (C=O) groups is 1. The van der Waals surface area contributed by atoms with Gasteiger partial charge in [-0.15, -0.1) is 0 Å². The molecule has 0 heterocycles. The molecule has 0 spiro atoms. The van der Waals surface area contributed by atoms with Crippen molar-refractivity contribution in [3.63, 3.8) is 0 Å². The van der Waals surface area contributed by atoms with Crippen molar-refractivity contribution in [3.05, 3.63) is 58.6 Å². The van der Waals surface area contributed by atoms with Crippen LogP contribution >= 0.6 is 11.6 Å². The Morgan fingerprint density at radius 2 is 1.83 bits per heavy atom. The summed E-state index contributed by atoms with van der Waals surface area (Å²) in [4.78, 5) is 12.4. The standard InChI is InChI=1S/C18H20ClNO3/c1-4-16(12-5-8-14(22-2)9-6-12)20-18(21)13-7-10-17(23-3)15(19)11-13/h5-11,16H,4H2,1-3H3,(H,20,21). The van der Waals surface area contributed by atoms with Crippen LogP contribution in [0.1, 0.15) is 35.3 Å². The Bertz CT molecular complexity index is 670. The fourth-order valence-corrected chi connectivity index (χ4v) is 2.56. The first kappa shape index (κ1) is 17.2. The first-order chi connectivity index (χ1) is 11.1. The summed E-state index contributed by atoms with van der Waals surface area (Å²) in [7, 11) is 3.17. The van der Waals surface area contributed by atoms with Crippen LogP contribution in [-0.4, -0.2) is 20.1 Å². The number of halogens is 1. The lowest BCUT2D eigenvalue weighted by atomic mass is 10.0. The Kier molecular flexibility index (Phi) is 5.88. The molecule has 1 N–H and O–H groups in total. The number of ether oxygens (including phenoxy) is 2. The number of benzene rings is 2. The van der Waals surface area contributed by atoms with Crippen molar-refractivity contribution in [2.24, 2.45) is 0 Å². The normalized spacial score (nSPS) is 11.7. The minimum absolute atomic E-state index is 0.0747. The van der Waals surface area contributed by atoms with Gasteiger partial charge >= 0.3 is 0 Å². The zero-order valence-corrected chi connectivity index (χ0v) is 14.2. The monoisotopic (exact) mass is 333 g/mol. The minimum Gasteiger partial charge on any atom is -0.497 e. The van der Waals surface area contributed by atoms with E-state index in [1.165, 1.54) is 7.11 Å². The lowest BCUT2D eigenvalue weighted by Crippen LogP contribution is -2.28. The number of amides is 1. The molecular formula is C18H20ClNO3. The highest BCUT2D eigenvalue weighted by Crippen LogP contribution is 2.26. The van der Waals surface area contributed by atoms with E-state index in [0.717, 1.165) is 17.7 Å². The number of hydrogen-bond donors (Lipinski definition) is 1. The summed E-state index contributed by atoms with van der Waals surface area (Å²) < 4.78 is 10.3. The summed E-state index contributed by atoms with van der Waals surface area (Å²) in [5.74, 6) is 1.17. The topological polar surface area (TPSA) is 47.6 Å². The molecule has 0 radical (unpaired) electrons. The van der Waals surface area contributed by atoms with Crippen LogP contribution in [0.5, 0.6) is 11.5 Å². The van der Waals surface area contributed by atoms with E-state index in [1.54, 1.807) is 25.3 Å². The smallest absolute Gasteiger partial charge is 0.251 e. The molecular weight excluding hydrogens is 314 g/mol. The first-order valence-corrected chi connectivity index (χ1v) is 7.75. The van der Waals surface area contributed by atoms with Gasteiger partial charge in [-0.2, -0.15) is 0 Å². The van der Waals surface area contributed by atoms with Gasteiger partial charge in [0.05, 0.1) is 25.3 Å². The molecule has 0 saturated carbocycles. The summed E-state index contributed by atoms with van der Waals surface area (Å²) >= 11 is 6.08. The van der Waals surface area contributed by atoms with Gasteiger partial charge in [-0.25, -0.2) is 0 Å². The van der Waals surface area contributed by atoms with E-state index in [-0.39, 0.29) is 11.9 Å². The summed E-state index contributed by atoms with van der Waals surface area (Å²) in [6, 6.07) is 12.6. The Balaban J connectivity index is 2.14. The van der Waals surface area contributed by atoms with E-state index < -0.39 is 0 Å². The SMILES string of the molecule is CCC(NC(=O)c1ccc(OC)c(Cl)c1)c1ccc(OC)cc1. The summed E-state index contributed by atoms with van der Waals surface area (Å²) in [6.07, 6.45) is 0.780. The van der Waals surface area contributed by atoms with E-state index in [9.17, 15) is 4.79 Å². The lowest BCUT2D eigenvalue weighted by Gasteiger charge is -2.18. The average Bonchev–Trinajstić information content (AvgIpc) is 2.59. The molecule has 0 aromatic heterocycles. The quantitative estimate of drug-likeness (QED) is 0.860. The van der Waals surface area contributed by atoms with E-state index in [2.05, 4.69) is 5.32 Å². The Labute approximate surface area is 141 Å². The van der Waals surface area contributed by atoms with Crippen LogP contribution in [0.4, 0.5) is 0 Å². The van der Waals surface area contributed by atoms with Gasteiger partial charge in [0.2, 0.25) is 0 Å². The fraction of sp³-hybridized carbons (Fsp3) is 0.278. The van der Waals surface area contributed by atoms with Crippen LogP contribution in [0.2, 0.25) is 5.02 Å². The molecule has 2 aromatic carbocycles. The van der Waals surface area contributed by atoms with Gasteiger partial charge < -0.3 is 14.8 Å². The molecule has 1 amide bonds. The van der Waals surface area contributed by atoms with E-state index in [0.29, 0.717) is 16.3 Å². The third-order valence-electron chi connectivity index (χ3n) is 3.65. The zero-order chi connectivity index (χ0) is 16.8. The third kappa shape index (κ3) is 4.17. The maximum absolute atomic E-state index is 12.4. The van der Waals surface area contributed by atoms with Gasteiger partial charge in [-0.1, -0.05) is 30.7 Å². The summed E-state index contributed by atoms with van der Waals surface area (Å²) in [5, 5.41) is 3.44. The van der Waals surface area contributed by atoms with Crippen LogP contribution in [-0.2, 0) is 0 Å². The van der Waals surface area contributed by atoms with E-state index in [1.807, 2.05) is 31.2 Å². The van der Waals surface area contributed by atoms with Crippen molar-refractivity contribution < 1.29 is 14.3 Å². The highest BCUT2D eigenvalue weighted by Gasteiger charge is 2.15. The molecule has 0 aliphatic carbocycles. The lowest BCUT2D eigenvalue weighted by molar-refractivity contribution is 0.0935. The van der Waals surface area contributed by atoms with Gasteiger partial charge in [0.15, 0.2) is 0 Å². The van der Waals surface area contributed by atoms with Gasteiger partial charge in [0.25, 0.3) is 5.91 Å². The first-order valence-electron chi connectivity index (χ1n) is 7.37. The molecule has 1 atom stereocenters. The van der Waals surface area contributed by atoms with Crippen molar-refractivity contribution in [2.45, 2.75) is 19.4 Å². The predicted octanol–water partition coefficient (Wildman–Crippen LogP) is 4.24. The van der Waals surface area contributed by atoms with Crippen molar-refractivity contribution in [3.8, 4) is 11.5 Å². The Morgan fingerprint density at radius 3 is 2.35 bits per heavy atom. The Hall–Kier alpha value is -2.20. The Morgan fingerprint density at radius 1 is 1.13 bits per heavy atom. The van der Waals surface area contributed by atoms with Gasteiger partial charge in [0.1, 0.15) is 11.5 Å². The maximum atomic E-state index is 12.4. The molecule has 2 aromatic rings. The highest BCUT2D eigenvalue weighted by molar-refractivity contribution is 6.32. The molecule has 0 aliphatic rings. The van der Waals surface area contributed by atoms with E-state index >= 15 is 0 Å². The molecule has 122 valence electrons. The van der Waals surface area contributed by atoms with Crippen LogP contribution in [0.15, 0.2) is 42.5 Å². The van der Waals surface area contributed by atoms with Gasteiger partial charge in [-0.05, 0) is 42.3 Å². The largest absolute Gasteiger partial charge is 0.497 e. The van der Waals surface area contributed by atoms with Crippen molar-refractivity contribution >= 4 is 17.5 Å². The van der Waals surface area contributed by atoms with Crippen LogP contribution < -0.4 is 14.8 Å². The molecule has 0 bridgehead atoms. The molecule has 5 heteroatoms. The van der Waals surface area contributed by atoms with Crippen molar-refractivity contribution in [1.82, 2.24) is 5.32 Å². The number of nitrogens with one attached hydrogen (secondary N) is 1. The number of methoxy groups -OCH3 is 2. The molecule has 2 rings (SSSR count). The molecule has 4 nitrogen and oxygen atoms in total.